The van der Waals surface area contributed by atoms with Crippen molar-refractivity contribution in [3.63, 3.8) is 0 Å². The number of nitrogens with zero attached hydrogens (tertiary/aromatic N) is 1. The number of hydrogen-bond acceptors (Lipinski definition) is 4. The summed E-state index contributed by atoms with van der Waals surface area (Å²) in [5, 5.41) is 17.5. The van der Waals surface area contributed by atoms with Crippen LogP contribution in [-0.4, -0.2) is 39.4 Å². The van der Waals surface area contributed by atoms with Gasteiger partial charge >= 0.3 is 11.9 Å². The summed E-state index contributed by atoms with van der Waals surface area (Å²) in [6.45, 7) is 0. The highest BCUT2D eigenvalue weighted by Gasteiger charge is 2.17. The Morgan fingerprint density at radius 1 is 1.23 bits per heavy atom. The number of para-hydroxylation sites is 1. The van der Waals surface area contributed by atoms with Crippen LogP contribution in [0.25, 0.3) is 10.9 Å². The zero-order valence-corrected chi connectivity index (χ0v) is 11.5. The zero-order chi connectivity index (χ0) is 16.1. The lowest BCUT2D eigenvalue weighted by atomic mass is 10.2. The van der Waals surface area contributed by atoms with E-state index in [1.165, 1.54) is 0 Å². The minimum absolute atomic E-state index is 0.0892. The summed E-state index contributed by atoms with van der Waals surface area (Å²) in [4.78, 5) is 38.5. The lowest BCUT2D eigenvalue weighted by Crippen LogP contribution is -2.13. The number of H-pyrrole nitrogens is 1. The molecule has 1 aliphatic heterocycles. The van der Waals surface area contributed by atoms with Crippen molar-refractivity contribution in [1.82, 2.24) is 4.98 Å². The third-order valence-electron chi connectivity index (χ3n) is 3.11. The third kappa shape index (κ3) is 3.57. The average Bonchev–Trinajstić information content (AvgIpc) is 3.02. The smallest absolute Gasteiger partial charge is 0.352 e. The number of carbonyl (C=O) groups is 2. The number of aromatic amines is 1. The van der Waals surface area contributed by atoms with Crippen molar-refractivity contribution in [3.8, 4) is 0 Å². The van der Waals surface area contributed by atoms with E-state index in [0.717, 1.165) is 12.5 Å². The van der Waals surface area contributed by atoms with Crippen molar-refractivity contribution >= 4 is 29.1 Å². The van der Waals surface area contributed by atoms with Gasteiger partial charge in [0, 0.05) is 17.0 Å². The van der Waals surface area contributed by atoms with Gasteiger partial charge in [0.2, 0.25) is 0 Å². The van der Waals surface area contributed by atoms with Gasteiger partial charge in [-0.1, -0.05) is 12.1 Å². The Bertz CT molecular complexity index is 794. The fourth-order valence-corrected chi connectivity index (χ4v) is 2.01. The normalized spacial score (nSPS) is 16.1. The molecule has 0 radical (unpaired) electrons. The Balaban J connectivity index is 0.000000188. The molecule has 114 valence electrons. The van der Waals surface area contributed by atoms with Crippen LogP contribution >= 0.6 is 0 Å². The molecular weight excluding hydrogens is 288 g/mol. The number of rotatable bonds is 2. The minimum atomic E-state index is -1.13. The van der Waals surface area contributed by atoms with Crippen LogP contribution in [0, 0.1) is 0 Å². The number of nitrogens with one attached hydrogen (secondary N) is 1. The first kappa shape index (κ1) is 15.4. The number of aromatic nitrogens is 1. The number of fused-ring (bicyclic) bond motifs is 1. The molecule has 0 amide bonds. The number of aliphatic carboxylic acids is 1. The summed E-state index contributed by atoms with van der Waals surface area (Å²) < 4.78 is 0. The fourth-order valence-electron chi connectivity index (χ4n) is 2.01. The van der Waals surface area contributed by atoms with Gasteiger partial charge in [0.15, 0.2) is 5.43 Å². The van der Waals surface area contributed by atoms with E-state index < -0.39 is 18.0 Å². The summed E-state index contributed by atoms with van der Waals surface area (Å²) in [7, 11) is 0. The first-order valence-electron chi connectivity index (χ1n) is 6.59. The maximum absolute atomic E-state index is 11.4. The highest BCUT2D eigenvalue weighted by Crippen LogP contribution is 2.07. The molecule has 7 nitrogen and oxygen atoms in total. The second-order valence-corrected chi connectivity index (χ2v) is 4.66. The molecule has 0 saturated heterocycles. The van der Waals surface area contributed by atoms with Crippen LogP contribution in [0.4, 0.5) is 0 Å². The van der Waals surface area contributed by atoms with E-state index in [0.29, 0.717) is 17.3 Å². The quantitative estimate of drug-likeness (QED) is 0.777. The van der Waals surface area contributed by atoms with Crippen molar-refractivity contribution in [3.05, 3.63) is 46.2 Å². The average molecular weight is 302 g/mol. The highest BCUT2D eigenvalue weighted by molar-refractivity contribution is 5.89. The van der Waals surface area contributed by atoms with Crippen molar-refractivity contribution in [2.24, 2.45) is 4.99 Å². The predicted molar refractivity (Wildman–Crippen MR) is 80.7 cm³/mol. The molecule has 1 aromatic heterocycles. The topological polar surface area (TPSA) is 120 Å². The van der Waals surface area contributed by atoms with Gasteiger partial charge in [0.1, 0.15) is 11.7 Å². The van der Waals surface area contributed by atoms with Gasteiger partial charge in [-0.3, -0.25) is 9.79 Å². The Labute approximate surface area is 124 Å². The molecule has 0 bridgehead atoms. The number of hydrogen-bond donors (Lipinski definition) is 3. The van der Waals surface area contributed by atoms with Crippen LogP contribution in [0.3, 0.4) is 0 Å². The van der Waals surface area contributed by atoms with E-state index in [1.54, 1.807) is 30.5 Å². The monoisotopic (exact) mass is 302 g/mol. The van der Waals surface area contributed by atoms with Gasteiger partial charge < -0.3 is 15.2 Å². The summed E-state index contributed by atoms with van der Waals surface area (Å²) in [6.07, 6.45) is 3.16. The SMILES string of the molecule is O=C(O)C1CCC=N1.O=C(O)c1cc(=O)c2ccccc2[nH]1. The van der Waals surface area contributed by atoms with Gasteiger partial charge in [-0.25, -0.2) is 9.59 Å². The lowest BCUT2D eigenvalue weighted by molar-refractivity contribution is -0.138. The lowest BCUT2D eigenvalue weighted by Gasteiger charge is -1.98. The molecule has 1 unspecified atom stereocenters. The molecule has 1 aromatic carbocycles. The standard InChI is InChI=1S/C10H7NO3.C5H7NO2/c12-9-5-8(10(13)14)11-7-4-2-1-3-6(7)9;7-5(8)4-2-1-3-6-4/h1-5H,(H,11,12)(H,13,14);3-4H,1-2H2,(H,7,8). The number of carboxylic acids is 2. The van der Waals surface area contributed by atoms with Crippen molar-refractivity contribution in [1.29, 1.82) is 0 Å². The summed E-state index contributed by atoms with van der Waals surface area (Å²) in [5.74, 6) is -1.94. The number of aromatic carboxylic acids is 1. The maximum Gasteiger partial charge on any atom is 0.352 e. The zero-order valence-electron chi connectivity index (χ0n) is 11.5. The molecule has 0 fully saturated rings. The molecule has 0 saturated carbocycles. The molecular formula is C15H14N2O5. The molecule has 1 atom stereocenters. The molecule has 0 spiro atoms. The second kappa shape index (κ2) is 6.66. The number of pyridine rings is 1. The summed E-state index contributed by atoms with van der Waals surface area (Å²) >= 11 is 0. The van der Waals surface area contributed by atoms with E-state index in [1.807, 2.05) is 0 Å². The molecule has 2 heterocycles. The van der Waals surface area contributed by atoms with Crippen LogP contribution in [0.2, 0.25) is 0 Å². The van der Waals surface area contributed by atoms with Gasteiger partial charge in [-0.05, 0) is 31.2 Å². The molecule has 1 aliphatic rings. The highest BCUT2D eigenvalue weighted by atomic mass is 16.4. The number of aliphatic imine (C=N–C) groups is 1. The van der Waals surface area contributed by atoms with Crippen molar-refractivity contribution in [2.75, 3.05) is 0 Å². The van der Waals surface area contributed by atoms with Crippen LogP contribution < -0.4 is 5.43 Å². The Hall–Kier alpha value is -2.96. The van der Waals surface area contributed by atoms with Crippen molar-refractivity contribution in [2.45, 2.75) is 18.9 Å². The molecule has 2 aromatic rings. The molecule has 22 heavy (non-hydrogen) atoms. The Kier molecular flexibility index (Phi) is 4.67. The van der Waals surface area contributed by atoms with Gasteiger partial charge in [0.05, 0.1) is 0 Å². The van der Waals surface area contributed by atoms with Gasteiger partial charge in [0.25, 0.3) is 0 Å². The molecule has 7 heteroatoms. The van der Waals surface area contributed by atoms with Gasteiger partial charge in [-0.15, -0.1) is 0 Å². The van der Waals surface area contributed by atoms with Crippen LogP contribution in [0.1, 0.15) is 23.3 Å². The summed E-state index contributed by atoms with van der Waals surface area (Å²) in [6, 6.07) is 7.44. The van der Waals surface area contributed by atoms with E-state index in [2.05, 4.69) is 9.98 Å². The van der Waals surface area contributed by atoms with Crippen LogP contribution in [0.5, 0.6) is 0 Å². The first-order chi connectivity index (χ1) is 10.5. The van der Waals surface area contributed by atoms with E-state index in [-0.39, 0.29) is 11.1 Å². The van der Waals surface area contributed by atoms with E-state index >= 15 is 0 Å². The second-order valence-electron chi connectivity index (χ2n) is 4.66. The number of benzene rings is 1. The van der Waals surface area contributed by atoms with Crippen LogP contribution in [-0.2, 0) is 4.79 Å². The maximum atomic E-state index is 11.4. The van der Waals surface area contributed by atoms with Crippen LogP contribution in [0.15, 0.2) is 40.1 Å². The third-order valence-corrected chi connectivity index (χ3v) is 3.11. The Morgan fingerprint density at radius 3 is 2.50 bits per heavy atom. The number of carboxylic acid groups (broad SMARTS) is 2. The first-order valence-corrected chi connectivity index (χ1v) is 6.59. The molecule has 3 rings (SSSR count). The minimum Gasteiger partial charge on any atom is -0.480 e. The predicted octanol–water partition coefficient (Wildman–Crippen LogP) is 1.53. The largest absolute Gasteiger partial charge is 0.480 e. The van der Waals surface area contributed by atoms with E-state index in [4.69, 9.17) is 10.2 Å². The fraction of sp³-hybridized carbons (Fsp3) is 0.200. The Morgan fingerprint density at radius 2 is 1.95 bits per heavy atom. The van der Waals surface area contributed by atoms with Crippen molar-refractivity contribution < 1.29 is 19.8 Å². The van der Waals surface area contributed by atoms with Gasteiger partial charge in [-0.2, -0.15) is 0 Å². The summed E-state index contributed by atoms with van der Waals surface area (Å²) in [5.41, 5.74) is 0.169. The molecule has 3 N–H and O–H groups in total. The van der Waals surface area contributed by atoms with E-state index in [9.17, 15) is 14.4 Å². The molecule has 0 aliphatic carbocycles.